The Labute approximate surface area is 166 Å². The molecule has 9 nitrogen and oxygen atoms in total. The Morgan fingerprint density at radius 2 is 1.79 bits per heavy atom. The number of ether oxygens (including phenoxy) is 2. The minimum absolute atomic E-state index is 0.237. The predicted molar refractivity (Wildman–Crippen MR) is 108 cm³/mol. The molecule has 2 aliphatic rings. The van der Waals surface area contributed by atoms with Gasteiger partial charge in [-0.05, 0) is 13.8 Å². The molecule has 2 fully saturated rings. The SMILES string of the molecule is C[C@@H]1COCCN1c1nc(N2CCOC[C@@H]2C)nc2sc(-c3cn[nH]c3)nc12. The number of aromatic nitrogens is 5. The standard InChI is InChI=1S/C18H23N7O2S/c1-11-9-26-5-3-24(11)15-14-17(28-16(21-14)13-7-19-20-8-13)23-18(22-15)25-4-6-27-10-12(25)2/h7-8,11-12H,3-6,9-10H2,1-2H3,(H,19,20)/t11-,12+/m1/s1. The van der Waals surface area contributed by atoms with E-state index in [1.54, 1.807) is 17.5 Å². The third-order valence-electron chi connectivity index (χ3n) is 5.24. The molecule has 0 radical (unpaired) electrons. The zero-order valence-corrected chi connectivity index (χ0v) is 16.8. The monoisotopic (exact) mass is 401 g/mol. The summed E-state index contributed by atoms with van der Waals surface area (Å²) in [5, 5.41) is 7.80. The minimum atomic E-state index is 0.237. The van der Waals surface area contributed by atoms with Crippen molar-refractivity contribution in [1.82, 2.24) is 25.1 Å². The van der Waals surface area contributed by atoms with Gasteiger partial charge >= 0.3 is 0 Å². The number of hydrogen-bond acceptors (Lipinski definition) is 9. The molecule has 0 unspecified atom stereocenters. The van der Waals surface area contributed by atoms with Crippen molar-refractivity contribution in [2.24, 2.45) is 0 Å². The summed E-state index contributed by atoms with van der Waals surface area (Å²) in [6, 6.07) is 0.475. The van der Waals surface area contributed by atoms with Crippen molar-refractivity contribution >= 4 is 33.5 Å². The summed E-state index contributed by atoms with van der Waals surface area (Å²) in [6.45, 7) is 8.65. The predicted octanol–water partition coefficient (Wildman–Crippen LogP) is 1.93. The second-order valence-electron chi connectivity index (χ2n) is 7.24. The molecule has 5 heterocycles. The van der Waals surface area contributed by atoms with Crippen LogP contribution in [0.25, 0.3) is 20.9 Å². The van der Waals surface area contributed by atoms with E-state index in [1.807, 2.05) is 6.20 Å². The fourth-order valence-electron chi connectivity index (χ4n) is 3.68. The van der Waals surface area contributed by atoms with Crippen LogP contribution in [0.15, 0.2) is 12.4 Å². The van der Waals surface area contributed by atoms with Gasteiger partial charge in [0, 0.05) is 24.8 Å². The topological polar surface area (TPSA) is 92.3 Å². The fraction of sp³-hybridized carbons (Fsp3) is 0.556. The zero-order chi connectivity index (χ0) is 19.1. The molecule has 3 aromatic rings. The molecule has 2 aliphatic heterocycles. The van der Waals surface area contributed by atoms with Crippen molar-refractivity contribution in [1.29, 1.82) is 0 Å². The molecular formula is C18H23N7O2S. The van der Waals surface area contributed by atoms with Crippen molar-refractivity contribution in [3.8, 4) is 10.6 Å². The number of aromatic amines is 1. The van der Waals surface area contributed by atoms with Gasteiger partial charge in [0.15, 0.2) is 10.6 Å². The molecule has 0 aliphatic carbocycles. The highest BCUT2D eigenvalue weighted by Crippen LogP contribution is 2.35. The molecule has 148 valence electrons. The molecule has 0 bridgehead atoms. The number of morpholine rings is 2. The lowest BCUT2D eigenvalue weighted by Crippen LogP contribution is -2.46. The third kappa shape index (κ3) is 3.11. The van der Waals surface area contributed by atoms with E-state index in [1.165, 1.54) is 0 Å². The molecule has 2 atom stereocenters. The Morgan fingerprint density at radius 1 is 1.04 bits per heavy atom. The minimum Gasteiger partial charge on any atom is -0.377 e. The van der Waals surface area contributed by atoms with Crippen molar-refractivity contribution in [2.75, 3.05) is 49.3 Å². The molecule has 10 heteroatoms. The first-order valence-electron chi connectivity index (χ1n) is 9.57. The van der Waals surface area contributed by atoms with Gasteiger partial charge in [0.05, 0.1) is 44.7 Å². The van der Waals surface area contributed by atoms with Crippen LogP contribution in [0.1, 0.15) is 13.8 Å². The Hall–Kier alpha value is -2.30. The lowest BCUT2D eigenvalue weighted by Gasteiger charge is -2.36. The molecule has 1 N–H and O–H groups in total. The van der Waals surface area contributed by atoms with E-state index < -0.39 is 0 Å². The molecule has 28 heavy (non-hydrogen) atoms. The van der Waals surface area contributed by atoms with E-state index in [9.17, 15) is 0 Å². The molecule has 0 spiro atoms. The van der Waals surface area contributed by atoms with Crippen molar-refractivity contribution in [3.63, 3.8) is 0 Å². The second-order valence-corrected chi connectivity index (χ2v) is 8.22. The van der Waals surface area contributed by atoms with Crippen molar-refractivity contribution in [3.05, 3.63) is 12.4 Å². The summed E-state index contributed by atoms with van der Waals surface area (Å²) < 4.78 is 11.2. The number of fused-ring (bicyclic) bond motifs is 1. The first-order chi connectivity index (χ1) is 13.7. The summed E-state index contributed by atoms with van der Waals surface area (Å²) in [6.07, 6.45) is 3.64. The van der Waals surface area contributed by atoms with E-state index >= 15 is 0 Å². The summed E-state index contributed by atoms with van der Waals surface area (Å²) in [4.78, 5) is 20.2. The van der Waals surface area contributed by atoms with Gasteiger partial charge in [0.1, 0.15) is 10.5 Å². The summed E-state index contributed by atoms with van der Waals surface area (Å²) in [5.41, 5.74) is 1.81. The average molecular weight is 401 g/mol. The van der Waals surface area contributed by atoms with Crippen LogP contribution in [0, 0.1) is 0 Å². The van der Waals surface area contributed by atoms with Crippen LogP contribution in [0.4, 0.5) is 11.8 Å². The van der Waals surface area contributed by atoms with Gasteiger partial charge in [-0.15, -0.1) is 0 Å². The van der Waals surface area contributed by atoms with Gasteiger partial charge in [-0.3, -0.25) is 5.10 Å². The van der Waals surface area contributed by atoms with Crippen LogP contribution in [0.3, 0.4) is 0 Å². The average Bonchev–Trinajstić information content (AvgIpc) is 3.37. The van der Waals surface area contributed by atoms with Crippen LogP contribution >= 0.6 is 11.3 Å². The van der Waals surface area contributed by atoms with Crippen LogP contribution in [-0.4, -0.2) is 76.8 Å². The Balaban J connectivity index is 1.65. The first kappa shape index (κ1) is 17.8. The second kappa shape index (κ2) is 7.26. The molecule has 3 aromatic heterocycles. The number of thiazole rings is 1. The molecule has 0 saturated carbocycles. The van der Waals surface area contributed by atoms with Crippen LogP contribution in [0.2, 0.25) is 0 Å². The summed E-state index contributed by atoms with van der Waals surface area (Å²) in [7, 11) is 0. The molecule has 0 amide bonds. The van der Waals surface area contributed by atoms with E-state index in [0.29, 0.717) is 26.4 Å². The quantitative estimate of drug-likeness (QED) is 0.712. The van der Waals surface area contributed by atoms with Crippen molar-refractivity contribution in [2.45, 2.75) is 25.9 Å². The van der Waals surface area contributed by atoms with Gasteiger partial charge in [-0.25, -0.2) is 4.98 Å². The summed E-state index contributed by atoms with van der Waals surface area (Å²) >= 11 is 1.58. The molecule has 2 saturated heterocycles. The van der Waals surface area contributed by atoms with Crippen LogP contribution in [0.5, 0.6) is 0 Å². The Morgan fingerprint density at radius 3 is 2.46 bits per heavy atom. The maximum atomic E-state index is 5.63. The largest absolute Gasteiger partial charge is 0.377 e. The van der Waals surface area contributed by atoms with Gasteiger partial charge in [0.2, 0.25) is 5.95 Å². The highest BCUT2D eigenvalue weighted by atomic mass is 32.1. The third-order valence-corrected chi connectivity index (χ3v) is 6.24. The van der Waals surface area contributed by atoms with Crippen molar-refractivity contribution < 1.29 is 9.47 Å². The van der Waals surface area contributed by atoms with Crippen LogP contribution < -0.4 is 9.80 Å². The maximum absolute atomic E-state index is 5.63. The number of H-pyrrole nitrogens is 1. The zero-order valence-electron chi connectivity index (χ0n) is 16.0. The number of rotatable bonds is 3. The van der Waals surface area contributed by atoms with E-state index in [-0.39, 0.29) is 12.1 Å². The lowest BCUT2D eigenvalue weighted by atomic mass is 10.2. The van der Waals surface area contributed by atoms with Gasteiger partial charge < -0.3 is 19.3 Å². The maximum Gasteiger partial charge on any atom is 0.229 e. The van der Waals surface area contributed by atoms with E-state index in [0.717, 1.165) is 45.8 Å². The molecule has 5 rings (SSSR count). The number of nitrogens with zero attached hydrogens (tertiary/aromatic N) is 6. The van der Waals surface area contributed by atoms with Gasteiger partial charge in [-0.2, -0.15) is 15.1 Å². The normalized spacial score (nSPS) is 23.5. The highest BCUT2D eigenvalue weighted by Gasteiger charge is 2.28. The lowest BCUT2D eigenvalue weighted by molar-refractivity contribution is 0.0973. The fourth-order valence-corrected chi connectivity index (χ4v) is 4.59. The molecular weight excluding hydrogens is 378 g/mol. The first-order valence-corrected chi connectivity index (χ1v) is 10.4. The number of anilines is 2. The van der Waals surface area contributed by atoms with Crippen LogP contribution in [-0.2, 0) is 9.47 Å². The highest BCUT2D eigenvalue weighted by molar-refractivity contribution is 7.21. The van der Waals surface area contributed by atoms with Gasteiger partial charge in [0.25, 0.3) is 0 Å². The molecule has 0 aromatic carbocycles. The number of hydrogen-bond donors (Lipinski definition) is 1. The van der Waals surface area contributed by atoms with E-state index in [4.69, 9.17) is 24.4 Å². The Bertz CT molecular complexity index is 960. The number of nitrogens with one attached hydrogen (secondary N) is 1. The smallest absolute Gasteiger partial charge is 0.229 e. The van der Waals surface area contributed by atoms with E-state index in [2.05, 4.69) is 33.8 Å². The van der Waals surface area contributed by atoms with Gasteiger partial charge in [-0.1, -0.05) is 11.3 Å². The summed E-state index contributed by atoms with van der Waals surface area (Å²) in [5.74, 6) is 1.64. The Kier molecular flexibility index (Phi) is 4.61.